The minimum Gasteiger partial charge on any atom is -0.489 e. The molecule has 0 saturated carbocycles. The molecule has 20 heavy (non-hydrogen) atoms. The van der Waals surface area contributed by atoms with Gasteiger partial charge in [0.25, 0.3) is 0 Å². The lowest BCUT2D eigenvalue weighted by Gasteiger charge is -2.13. The van der Waals surface area contributed by atoms with Crippen LogP contribution < -0.4 is 4.74 Å². The third-order valence-electron chi connectivity index (χ3n) is 3.81. The van der Waals surface area contributed by atoms with E-state index < -0.39 is 0 Å². The molecule has 1 aliphatic carbocycles. The number of hydrogen-bond acceptors (Lipinski definition) is 1. The fourth-order valence-corrected chi connectivity index (χ4v) is 2.74. The molecule has 4 rings (SSSR count). The van der Waals surface area contributed by atoms with E-state index in [1.807, 2.05) is 30.3 Å². The van der Waals surface area contributed by atoms with Gasteiger partial charge in [-0.15, -0.1) is 0 Å². The summed E-state index contributed by atoms with van der Waals surface area (Å²) in [5.41, 5.74) is 4.33. The fraction of sp³-hybridized carbons (Fsp3) is 0.263. The second-order valence-electron chi connectivity index (χ2n) is 5.23. The summed E-state index contributed by atoms with van der Waals surface area (Å²) in [6, 6.07) is 16.8. The second kappa shape index (κ2) is 6.42. The van der Waals surface area contributed by atoms with Gasteiger partial charge in [0.2, 0.25) is 0 Å². The lowest BCUT2D eigenvalue weighted by molar-refractivity contribution is 0.358. The van der Waals surface area contributed by atoms with Crippen molar-refractivity contribution in [2.75, 3.05) is 6.61 Å². The molecule has 0 aromatic heterocycles. The van der Waals surface area contributed by atoms with Gasteiger partial charge in [-0.3, -0.25) is 0 Å². The number of aryl methyl sites for hydroxylation is 2. The largest absolute Gasteiger partial charge is 0.489 e. The van der Waals surface area contributed by atoms with Gasteiger partial charge in [-0.05, 0) is 49.0 Å². The number of rotatable bonds is 0. The van der Waals surface area contributed by atoms with E-state index in [2.05, 4.69) is 30.3 Å². The molecular formula is C19H20O. The van der Waals surface area contributed by atoms with E-state index in [-0.39, 0.29) is 0 Å². The molecule has 0 N–H and O–H groups in total. The minimum atomic E-state index is 0.705. The Bertz CT molecular complexity index is 573. The van der Waals surface area contributed by atoms with E-state index in [1.165, 1.54) is 31.2 Å². The van der Waals surface area contributed by atoms with Crippen molar-refractivity contribution in [3.8, 4) is 5.75 Å². The Labute approximate surface area is 120 Å². The second-order valence-corrected chi connectivity index (χ2v) is 5.23. The van der Waals surface area contributed by atoms with Gasteiger partial charge in [-0.1, -0.05) is 48.5 Å². The molecule has 0 saturated heterocycles. The van der Waals surface area contributed by atoms with Gasteiger partial charge in [0.05, 0.1) is 0 Å². The summed E-state index contributed by atoms with van der Waals surface area (Å²) in [6.45, 7) is 0.705. The molecule has 2 aromatic rings. The quantitative estimate of drug-likeness (QED) is 0.672. The highest BCUT2D eigenvalue weighted by atomic mass is 16.5. The predicted molar refractivity (Wildman–Crippen MR) is 84.1 cm³/mol. The molecule has 0 radical (unpaired) electrons. The number of benzene rings is 2. The smallest absolute Gasteiger partial charge is 0.126 e. The van der Waals surface area contributed by atoms with E-state index in [4.69, 9.17) is 4.74 Å². The van der Waals surface area contributed by atoms with E-state index in [0.717, 1.165) is 5.75 Å². The summed E-state index contributed by atoms with van der Waals surface area (Å²) in [5, 5.41) is 0. The molecule has 1 nitrogen and oxygen atoms in total. The average Bonchev–Trinajstić information content (AvgIpc) is 2.56. The highest BCUT2D eigenvalue weighted by molar-refractivity contribution is 5.58. The zero-order valence-corrected chi connectivity index (χ0v) is 11.7. The number of fused-ring (bicyclic) bond motifs is 2. The zero-order valence-electron chi connectivity index (χ0n) is 11.7. The molecular weight excluding hydrogens is 244 g/mol. The molecule has 0 atom stereocenters. The van der Waals surface area contributed by atoms with Crippen LogP contribution in [0.1, 0.15) is 29.5 Å². The zero-order chi connectivity index (χ0) is 13.6. The van der Waals surface area contributed by atoms with Gasteiger partial charge in [0, 0.05) is 5.56 Å². The van der Waals surface area contributed by atoms with Crippen LogP contribution in [-0.4, -0.2) is 6.61 Å². The Balaban J connectivity index is 0.000000121. The summed E-state index contributed by atoms with van der Waals surface area (Å²) < 4.78 is 5.34. The Morgan fingerprint density at radius 1 is 0.750 bits per heavy atom. The van der Waals surface area contributed by atoms with Crippen molar-refractivity contribution in [2.45, 2.75) is 25.7 Å². The summed E-state index contributed by atoms with van der Waals surface area (Å²) >= 11 is 0. The summed E-state index contributed by atoms with van der Waals surface area (Å²) in [6.07, 6.45) is 9.47. The normalized spacial score (nSPS) is 15.2. The maximum atomic E-state index is 5.34. The topological polar surface area (TPSA) is 9.23 Å². The highest BCUT2D eigenvalue weighted by Crippen LogP contribution is 2.22. The Morgan fingerprint density at radius 2 is 1.40 bits per heavy atom. The maximum Gasteiger partial charge on any atom is 0.126 e. The number of para-hydroxylation sites is 1. The molecule has 2 aromatic carbocycles. The van der Waals surface area contributed by atoms with Crippen LogP contribution in [0.2, 0.25) is 0 Å². The Kier molecular flexibility index (Phi) is 4.17. The average molecular weight is 264 g/mol. The summed E-state index contributed by atoms with van der Waals surface area (Å²) in [4.78, 5) is 0. The SMILES string of the molecule is C1=Cc2ccccc2OC1.c1ccc2c(c1)CCCC2. The fourth-order valence-electron chi connectivity index (χ4n) is 2.74. The van der Waals surface area contributed by atoms with Crippen molar-refractivity contribution in [1.29, 1.82) is 0 Å². The van der Waals surface area contributed by atoms with Crippen LogP contribution in [0.15, 0.2) is 54.6 Å². The molecule has 0 fully saturated rings. The van der Waals surface area contributed by atoms with Crippen molar-refractivity contribution < 1.29 is 4.74 Å². The van der Waals surface area contributed by atoms with E-state index in [1.54, 1.807) is 11.1 Å². The van der Waals surface area contributed by atoms with E-state index >= 15 is 0 Å². The number of hydrogen-bond donors (Lipinski definition) is 0. The molecule has 1 heteroatoms. The third-order valence-corrected chi connectivity index (χ3v) is 3.81. The highest BCUT2D eigenvalue weighted by Gasteiger charge is 2.06. The van der Waals surface area contributed by atoms with Gasteiger partial charge in [-0.2, -0.15) is 0 Å². The first-order valence-corrected chi connectivity index (χ1v) is 7.38. The number of ether oxygens (including phenoxy) is 1. The third kappa shape index (κ3) is 3.11. The first-order valence-electron chi connectivity index (χ1n) is 7.38. The van der Waals surface area contributed by atoms with Crippen LogP contribution >= 0.6 is 0 Å². The van der Waals surface area contributed by atoms with Crippen LogP contribution in [0, 0.1) is 0 Å². The van der Waals surface area contributed by atoms with Crippen molar-refractivity contribution in [3.05, 3.63) is 71.3 Å². The summed E-state index contributed by atoms with van der Waals surface area (Å²) in [7, 11) is 0. The van der Waals surface area contributed by atoms with E-state index in [9.17, 15) is 0 Å². The molecule has 0 amide bonds. The first-order chi connectivity index (χ1) is 9.93. The van der Waals surface area contributed by atoms with Crippen LogP contribution in [-0.2, 0) is 12.8 Å². The monoisotopic (exact) mass is 264 g/mol. The van der Waals surface area contributed by atoms with Crippen molar-refractivity contribution in [1.82, 2.24) is 0 Å². The molecule has 1 heterocycles. The van der Waals surface area contributed by atoms with Gasteiger partial charge in [0.1, 0.15) is 12.4 Å². The predicted octanol–water partition coefficient (Wildman–Crippen LogP) is 4.66. The molecule has 1 aliphatic heterocycles. The summed E-state index contributed by atoms with van der Waals surface area (Å²) in [5.74, 6) is 0.991. The van der Waals surface area contributed by atoms with Gasteiger partial charge >= 0.3 is 0 Å². The van der Waals surface area contributed by atoms with Crippen molar-refractivity contribution in [2.24, 2.45) is 0 Å². The van der Waals surface area contributed by atoms with Crippen molar-refractivity contribution in [3.63, 3.8) is 0 Å². The molecule has 0 spiro atoms. The lowest BCUT2D eigenvalue weighted by Crippen LogP contribution is -2.00. The van der Waals surface area contributed by atoms with Gasteiger partial charge in [0.15, 0.2) is 0 Å². The first kappa shape index (κ1) is 13.0. The standard InChI is InChI=1S/C10H12.C9H8O/c1-2-6-10-8-4-3-7-9(10)5-1;1-2-6-9-8(4-1)5-3-7-10-9/h1-2,5-6H,3-4,7-8H2;1-6H,7H2. The lowest BCUT2D eigenvalue weighted by atomic mass is 9.92. The van der Waals surface area contributed by atoms with E-state index in [0.29, 0.717) is 6.61 Å². The molecule has 0 unspecified atom stereocenters. The van der Waals surface area contributed by atoms with Crippen LogP contribution in [0.25, 0.3) is 6.08 Å². The molecule has 0 bridgehead atoms. The Morgan fingerprint density at radius 3 is 2.10 bits per heavy atom. The van der Waals surface area contributed by atoms with Crippen LogP contribution in [0.5, 0.6) is 5.75 Å². The minimum absolute atomic E-state index is 0.705. The Hall–Kier alpha value is -2.02. The van der Waals surface area contributed by atoms with Crippen molar-refractivity contribution >= 4 is 6.08 Å². The van der Waals surface area contributed by atoms with Crippen LogP contribution in [0.4, 0.5) is 0 Å². The maximum absolute atomic E-state index is 5.34. The molecule has 2 aliphatic rings. The van der Waals surface area contributed by atoms with Gasteiger partial charge < -0.3 is 4.74 Å². The van der Waals surface area contributed by atoms with Gasteiger partial charge in [-0.25, -0.2) is 0 Å². The van der Waals surface area contributed by atoms with Crippen LogP contribution in [0.3, 0.4) is 0 Å². The molecule has 102 valence electrons.